The van der Waals surface area contributed by atoms with E-state index in [0.29, 0.717) is 18.8 Å². The summed E-state index contributed by atoms with van der Waals surface area (Å²) in [6.07, 6.45) is 6.08. The number of carboxylic acid groups (broad SMARTS) is 2. The molecule has 1 aromatic heterocycles. The fourth-order valence-corrected chi connectivity index (χ4v) is 1.86. The van der Waals surface area contributed by atoms with Crippen molar-refractivity contribution in [2.24, 2.45) is 0 Å². The highest BCUT2D eigenvalue weighted by atomic mass is 16.5. The van der Waals surface area contributed by atoms with Crippen LogP contribution in [0.3, 0.4) is 0 Å². The highest BCUT2D eigenvalue weighted by Gasteiger charge is 2.01. The van der Waals surface area contributed by atoms with Gasteiger partial charge in [-0.05, 0) is 37.5 Å². The Hall–Kier alpha value is -3.13. The number of aromatic nitrogens is 2. The first-order chi connectivity index (χ1) is 12.4. The Balaban J connectivity index is 0.000000359. The predicted molar refractivity (Wildman–Crippen MR) is 93.9 cm³/mol. The lowest BCUT2D eigenvalue weighted by Crippen LogP contribution is -2.00. The van der Waals surface area contributed by atoms with Gasteiger partial charge in [0.1, 0.15) is 5.75 Å². The second-order valence-corrected chi connectivity index (χ2v) is 5.28. The Morgan fingerprint density at radius 3 is 2.27 bits per heavy atom. The molecular formula is C18H22N2O6. The maximum atomic E-state index is 9.55. The van der Waals surface area contributed by atoms with Crippen molar-refractivity contribution in [3.8, 4) is 5.75 Å². The number of ether oxygens (including phenoxy) is 1. The lowest BCUT2D eigenvalue weighted by molar-refractivity contribution is -0.134. The van der Waals surface area contributed by atoms with Crippen molar-refractivity contribution < 1.29 is 29.6 Å². The van der Waals surface area contributed by atoms with E-state index in [9.17, 15) is 14.7 Å². The van der Waals surface area contributed by atoms with Crippen LogP contribution in [-0.4, -0.2) is 43.8 Å². The molecule has 0 saturated heterocycles. The van der Waals surface area contributed by atoms with Gasteiger partial charge in [-0.1, -0.05) is 12.1 Å². The third-order valence-electron chi connectivity index (χ3n) is 3.15. The molecule has 0 radical (unpaired) electrons. The summed E-state index contributed by atoms with van der Waals surface area (Å²) in [4.78, 5) is 26.1. The second-order valence-electron chi connectivity index (χ2n) is 5.28. The van der Waals surface area contributed by atoms with Crippen LogP contribution in [0.5, 0.6) is 5.75 Å². The highest BCUT2D eigenvalue weighted by molar-refractivity contribution is 5.89. The van der Waals surface area contributed by atoms with Crippen molar-refractivity contribution in [1.29, 1.82) is 0 Å². The summed E-state index contributed by atoms with van der Waals surface area (Å²) < 4.78 is 5.62. The number of rotatable bonds is 8. The van der Waals surface area contributed by atoms with Gasteiger partial charge < -0.3 is 25.0 Å². The Kier molecular flexibility index (Phi) is 9.19. The molecule has 8 nitrogen and oxygen atoms in total. The van der Waals surface area contributed by atoms with Gasteiger partial charge in [0.2, 0.25) is 0 Å². The minimum atomic E-state index is -1.26. The summed E-state index contributed by atoms with van der Waals surface area (Å²) in [6.45, 7) is 2.42. The number of H-pyrrole nitrogens is 1. The van der Waals surface area contributed by atoms with Crippen LogP contribution in [0.2, 0.25) is 0 Å². The van der Waals surface area contributed by atoms with Crippen molar-refractivity contribution in [2.45, 2.75) is 25.9 Å². The van der Waals surface area contributed by atoms with Gasteiger partial charge in [-0.2, -0.15) is 0 Å². The van der Waals surface area contributed by atoms with E-state index in [4.69, 9.17) is 14.9 Å². The molecule has 4 N–H and O–H groups in total. The summed E-state index contributed by atoms with van der Waals surface area (Å²) >= 11 is 0. The van der Waals surface area contributed by atoms with E-state index in [1.54, 1.807) is 13.3 Å². The maximum absolute atomic E-state index is 9.55. The largest absolute Gasteiger partial charge is 0.494 e. The third kappa shape index (κ3) is 9.24. The molecule has 140 valence electrons. The van der Waals surface area contributed by atoms with E-state index in [0.717, 1.165) is 29.8 Å². The van der Waals surface area contributed by atoms with Crippen molar-refractivity contribution in [1.82, 2.24) is 9.97 Å². The number of aliphatic hydroxyl groups is 1. The number of imidazole rings is 1. The summed E-state index contributed by atoms with van der Waals surface area (Å²) in [5, 5.41) is 25.0. The molecule has 0 saturated carbocycles. The van der Waals surface area contributed by atoms with Gasteiger partial charge in [0.05, 0.1) is 19.0 Å². The second kappa shape index (κ2) is 11.4. The summed E-state index contributed by atoms with van der Waals surface area (Å²) in [5.41, 5.74) is 2.03. The molecule has 0 bridgehead atoms. The van der Waals surface area contributed by atoms with Gasteiger partial charge in [0, 0.05) is 24.0 Å². The number of aliphatic carboxylic acids is 2. The van der Waals surface area contributed by atoms with E-state index >= 15 is 0 Å². The first kappa shape index (κ1) is 20.9. The number of hydrogen-bond donors (Lipinski definition) is 4. The fourth-order valence-electron chi connectivity index (χ4n) is 1.86. The van der Waals surface area contributed by atoms with Crippen LogP contribution in [0, 0.1) is 0 Å². The molecule has 1 aromatic carbocycles. The van der Waals surface area contributed by atoms with Crippen LogP contribution in [-0.2, 0) is 16.0 Å². The van der Waals surface area contributed by atoms with Crippen LogP contribution in [0.25, 0.3) is 0 Å². The number of nitrogens with zero attached hydrogens (tertiary/aromatic N) is 1. The Morgan fingerprint density at radius 2 is 1.81 bits per heavy atom. The smallest absolute Gasteiger partial charge is 0.328 e. The van der Waals surface area contributed by atoms with Gasteiger partial charge >= 0.3 is 11.9 Å². The van der Waals surface area contributed by atoms with E-state index in [1.807, 2.05) is 30.5 Å². The lowest BCUT2D eigenvalue weighted by Gasteiger charge is -2.08. The quantitative estimate of drug-likeness (QED) is 0.418. The lowest BCUT2D eigenvalue weighted by atomic mass is 10.1. The number of benzene rings is 1. The van der Waals surface area contributed by atoms with E-state index in [2.05, 4.69) is 9.97 Å². The Bertz CT molecular complexity index is 677. The van der Waals surface area contributed by atoms with Crippen LogP contribution < -0.4 is 4.74 Å². The van der Waals surface area contributed by atoms with Crippen molar-refractivity contribution in [3.05, 3.63) is 60.2 Å². The highest BCUT2D eigenvalue weighted by Crippen LogP contribution is 2.17. The zero-order chi connectivity index (χ0) is 19.4. The number of carboxylic acids is 2. The molecule has 2 rings (SSSR count). The standard InChI is InChI=1S/C14H18N2O2.C4H4O4/c1-11(17)12-4-6-14(7-5-12)18-8-2-3-13-9-15-10-16-13;5-3(6)1-2-4(7)8/h4-7,9-11,17H,2-3,8H2,1H3,(H,15,16);1-2H,(H,5,6)(H,7,8)/b;2-1-. The van der Waals surface area contributed by atoms with E-state index in [-0.39, 0.29) is 0 Å². The normalized spacial score (nSPS) is 11.5. The number of nitrogens with one attached hydrogen (secondary N) is 1. The molecule has 0 aliphatic heterocycles. The van der Waals surface area contributed by atoms with Crippen LogP contribution in [0.1, 0.15) is 30.7 Å². The first-order valence-corrected chi connectivity index (χ1v) is 7.90. The fraction of sp³-hybridized carbons (Fsp3) is 0.278. The van der Waals surface area contributed by atoms with Crippen LogP contribution >= 0.6 is 0 Å². The number of carbonyl (C=O) groups is 2. The van der Waals surface area contributed by atoms with Gasteiger partial charge in [0.15, 0.2) is 0 Å². The monoisotopic (exact) mass is 362 g/mol. The molecule has 0 spiro atoms. The van der Waals surface area contributed by atoms with Gasteiger partial charge in [-0.15, -0.1) is 0 Å². The molecule has 1 heterocycles. The Morgan fingerprint density at radius 1 is 1.19 bits per heavy atom. The van der Waals surface area contributed by atoms with E-state index in [1.165, 1.54) is 0 Å². The van der Waals surface area contributed by atoms with Crippen molar-refractivity contribution in [2.75, 3.05) is 6.61 Å². The molecule has 26 heavy (non-hydrogen) atoms. The topological polar surface area (TPSA) is 133 Å². The first-order valence-electron chi connectivity index (χ1n) is 7.90. The number of aromatic amines is 1. The van der Waals surface area contributed by atoms with Crippen LogP contribution in [0.15, 0.2) is 48.9 Å². The molecule has 0 aliphatic carbocycles. The maximum Gasteiger partial charge on any atom is 0.328 e. The Labute approximate surface area is 150 Å². The number of aliphatic hydroxyl groups excluding tert-OH is 1. The third-order valence-corrected chi connectivity index (χ3v) is 3.15. The summed E-state index contributed by atoms with van der Waals surface area (Å²) in [6, 6.07) is 7.54. The molecule has 0 fully saturated rings. The number of aryl methyl sites for hydroxylation is 1. The average molecular weight is 362 g/mol. The van der Waals surface area contributed by atoms with Crippen LogP contribution in [0.4, 0.5) is 0 Å². The molecule has 1 atom stereocenters. The van der Waals surface area contributed by atoms with E-state index < -0.39 is 18.0 Å². The molecule has 0 amide bonds. The zero-order valence-electron chi connectivity index (χ0n) is 14.3. The number of hydrogen-bond acceptors (Lipinski definition) is 5. The zero-order valence-corrected chi connectivity index (χ0v) is 14.3. The van der Waals surface area contributed by atoms with Gasteiger partial charge in [-0.25, -0.2) is 14.6 Å². The molecule has 1 unspecified atom stereocenters. The summed E-state index contributed by atoms with van der Waals surface area (Å²) in [7, 11) is 0. The van der Waals surface area contributed by atoms with Crippen molar-refractivity contribution >= 4 is 11.9 Å². The minimum Gasteiger partial charge on any atom is -0.494 e. The SMILES string of the molecule is CC(O)c1ccc(OCCCc2cnc[nH]2)cc1.O=C(O)/C=C\C(=O)O. The van der Waals surface area contributed by atoms with Crippen molar-refractivity contribution in [3.63, 3.8) is 0 Å². The average Bonchev–Trinajstić information content (AvgIpc) is 3.11. The molecule has 2 aromatic rings. The minimum absolute atomic E-state index is 0.431. The summed E-state index contributed by atoms with van der Waals surface area (Å²) in [5.74, 6) is -1.68. The molecular weight excluding hydrogens is 340 g/mol. The van der Waals surface area contributed by atoms with Gasteiger partial charge in [-0.3, -0.25) is 0 Å². The molecule has 8 heteroatoms. The molecule has 0 aliphatic rings. The predicted octanol–water partition coefficient (Wildman–Crippen LogP) is 2.19. The van der Waals surface area contributed by atoms with Gasteiger partial charge in [0.25, 0.3) is 0 Å².